The molecule has 11 heteroatoms. The number of rotatable bonds is 4. The summed E-state index contributed by atoms with van der Waals surface area (Å²) in [6, 6.07) is 7.79. The smallest absolute Gasteiger partial charge is 0.277 e. The highest BCUT2D eigenvalue weighted by molar-refractivity contribution is 5.91. The average Bonchev–Trinajstić information content (AvgIpc) is 3.22. The van der Waals surface area contributed by atoms with Crippen LogP contribution in [0.3, 0.4) is 0 Å². The minimum atomic E-state index is -0.364. The largest absolute Gasteiger partial charge is 0.341 e. The fourth-order valence-electron chi connectivity index (χ4n) is 3.75. The number of aromatic amines is 2. The maximum atomic E-state index is 12.5. The van der Waals surface area contributed by atoms with Crippen molar-refractivity contribution in [3.8, 4) is 6.07 Å². The molecule has 4 heterocycles. The van der Waals surface area contributed by atoms with E-state index in [9.17, 15) is 4.79 Å². The molecule has 0 saturated carbocycles. The van der Waals surface area contributed by atoms with Crippen molar-refractivity contribution < 1.29 is 0 Å². The Kier molecular flexibility index (Phi) is 4.44. The van der Waals surface area contributed by atoms with Crippen LogP contribution in [0.5, 0.6) is 0 Å². The third kappa shape index (κ3) is 3.28. The number of nitriles is 1. The fraction of sp³-hybridized carbons (Fsp3) is 0.316. The van der Waals surface area contributed by atoms with E-state index in [-0.39, 0.29) is 5.56 Å². The molecule has 0 amide bonds. The van der Waals surface area contributed by atoms with E-state index in [2.05, 4.69) is 51.9 Å². The molecule has 0 aliphatic carbocycles. The van der Waals surface area contributed by atoms with Crippen molar-refractivity contribution >= 4 is 39.4 Å². The molecule has 0 unspecified atom stereocenters. The van der Waals surface area contributed by atoms with Gasteiger partial charge in [-0.2, -0.15) is 15.3 Å². The first-order chi connectivity index (χ1) is 14.7. The summed E-state index contributed by atoms with van der Waals surface area (Å²) >= 11 is 0. The van der Waals surface area contributed by atoms with Gasteiger partial charge in [-0.15, -0.1) is 5.10 Å². The molecule has 1 saturated heterocycles. The van der Waals surface area contributed by atoms with E-state index in [4.69, 9.17) is 5.26 Å². The van der Waals surface area contributed by atoms with Gasteiger partial charge in [-0.3, -0.25) is 9.89 Å². The second kappa shape index (κ2) is 7.40. The van der Waals surface area contributed by atoms with Gasteiger partial charge in [0.1, 0.15) is 22.2 Å². The Labute approximate surface area is 170 Å². The average molecular weight is 402 g/mol. The Morgan fingerprint density at radius 1 is 1.20 bits per heavy atom. The maximum absolute atomic E-state index is 12.5. The Balaban J connectivity index is 1.53. The van der Waals surface area contributed by atoms with E-state index in [0.717, 1.165) is 37.1 Å². The first kappa shape index (κ1) is 18.0. The summed E-state index contributed by atoms with van der Waals surface area (Å²) in [7, 11) is 0. The van der Waals surface area contributed by atoms with Crippen LogP contribution in [0, 0.1) is 17.2 Å². The van der Waals surface area contributed by atoms with Gasteiger partial charge in [-0.25, -0.2) is 10.1 Å². The van der Waals surface area contributed by atoms with Crippen LogP contribution in [0.2, 0.25) is 0 Å². The highest BCUT2D eigenvalue weighted by Gasteiger charge is 2.22. The van der Waals surface area contributed by atoms with E-state index in [1.165, 1.54) is 6.20 Å². The van der Waals surface area contributed by atoms with Crippen LogP contribution in [-0.2, 0) is 0 Å². The predicted molar refractivity (Wildman–Crippen MR) is 110 cm³/mol. The van der Waals surface area contributed by atoms with Gasteiger partial charge in [0.2, 0.25) is 5.95 Å². The number of benzene rings is 1. The highest BCUT2D eigenvalue weighted by Crippen LogP contribution is 2.28. The number of aromatic nitrogens is 7. The van der Waals surface area contributed by atoms with Crippen molar-refractivity contribution in [2.75, 3.05) is 23.3 Å². The Bertz CT molecular complexity index is 1310. The van der Waals surface area contributed by atoms with Crippen LogP contribution in [0.4, 0.5) is 17.5 Å². The Morgan fingerprint density at radius 3 is 2.90 bits per heavy atom. The van der Waals surface area contributed by atoms with Crippen LogP contribution in [0.15, 0.2) is 29.2 Å². The molecule has 1 fully saturated rings. The van der Waals surface area contributed by atoms with E-state index < -0.39 is 0 Å². The van der Waals surface area contributed by atoms with Crippen molar-refractivity contribution in [2.45, 2.75) is 19.3 Å². The number of hydrogen-bond acceptors (Lipinski definition) is 9. The molecule has 0 radical (unpaired) electrons. The quantitative estimate of drug-likeness (QED) is 0.464. The summed E-state index contributed by atoms with van der Waals surface area (Å²) in [5.41, 5.74) is 2.35. The van der Waals surface area contributed by atoms with E-state index >= 15 is 0 Å². The monoisotopic (exact) mass is 402 g/mol. The molecule has 0 spiro atoms. The van der Waals surface area contributed by atoms with Crippen LogP contribution < -0.4 is 15.8 Å². The number of nitrogens with zero attached hydrogens (tertiary/aromatic N) is 7. The molecular weight excluding hydrogens is 384 g/mol. The van der Waals surface area contributed by atoms with Crippen molar-refractivity contribution in [1.82, 2.24) is 35.6 Å². The summed E-state index contributed by atoms with van der Waals surface area (Å²) in [6.07, 6.45) is 3.92. The van der Waals surface area contributed by atoms with Gasteiger partial charge < -0.3 is 10.2 Å². The lowest BCUT2D eigenvalue weighted by atomic mass is 9.94. The molecule has 3 N–H and O–H groups in total. The first-order valence-corrected chi connectivity index (χ1v) is 9.66. The second-order valence-electron chi connectivity index (χ2n) is 7.29. The number of nitrogens with one attached hydrogen (secondary N) is 3. The van der Waals surface area contributed by atoms with Crippen LogP contribution in [0.25, 0.3) is 21.9 Å². The Hall–Kier alpha value is -4.07. The lowest BCUT2D eigenvalue weighted by Gasteiger charge is -2.31. The molecule has 1 aromatic carbocycles. The minimum Gasteiger partial charge on any atom is -0.341 e. The zero-order chi connectivity index (χ0) is 20.5. The number of hydrogen-bond donors (Lipinski definition) is 3. The van der Waals surface area contributed by atoms with Gasteiger partial charge in [-0.05, 0) is 37.0 Å². The first-order valence-electron chi connectivity index (χ1n) is 9.66. The van der Waals surface area contributed by atoms with Crippen molar-refractivity contribution in [3.05, 3.63) is 34.7 Å². The van der Waals surface area contributed by atoms with Crippen molar-refractivity contribution in [2.24, 2.45) is 5.92 Å². The third-order valence-electron chi connectivity index (χ3n) is 5.37. The van der Waals surface area contributed by atoms with Gasteiger partial charge >= 0.3 is 0 Å². The molecule has 30 heavy (non-hydrogen) atoms. The van der Waals surface area contributed by atoms with Crippen LogP contribution in [-0.4, -0.2) is 48.7 Å². The third-order valence-corrected chi connectivity index (χ3v) is 5.37. The molecule has 3 aromatic heterocycles. The molecule has 0 atom stereocenters. The van der Waals surface area contributed by atoms with Crippen LogP contribution in [0.1, 0.15) is 19.3 Å². The molecule has 0 bridgehead atoms. The maximum Gasteiger partial charge on any atom is 0.277 e. The molecule has 5 rings (SSSR count). The van der Waals surface area contributed by atoms with Crippen LogP contribution >= 0.6 is 0 Å². The van der Waals surface area contributed by atoms with Gasteiger partial charge in [0.05, 0.1) is 17.8 Å². The minimum absolute atomic E-state index is 0.341. The standard InChI is InChI=1S/C19H18N10O/c20-6-3-11-4-7-29(8-5-11)19-23-15-10-21-27-18(30)16(15)17(24-19)22-12-1-2-13-14(9-12)26-28-25-13/h1-2,9-11H,3-5,7-8H2,(H,27,30)(H,22,23,24)(H,25,26,28). The summed E-state index contributed by atoms with van der Waals surface area (Å²) < 4.78 is 0. The predicted octanol–water partition coefficient (Wildman–Crippen LogP) is 1.86. The molecule has 1 aliphatic rings. The fourth-order valence-corrected chi connectivity index (χ4v) is 3.75. The summed E-state index contributed by atoms with van der Waals surface area (Å²) in [5, 5.41) is 29.5. The Morgan fingerprint density at radius 2 is 2.07 bits per heavy atom. The number of piperidine rings is 1. The molecule has 4 aromatic rings. The zero-order valence-electron chi connectivity index (χ0n) is 16.0. The molecule has 150 valence electrons. The SMILES string of the molecule is N#CCC1CCN(c2nc(Nc3ccc4[nH]nnc4c3)c3c(=O)[nH]ncc3n2)CC1. The van der Waals surface area contributed by atoms with Gasteiger partial charge in [0.25, 0.3) is 5.56 Å². The van der Waals surface area contributed by atoms with E-state index in [1.807, 2.05) is 18.2 Å². The number of anilines is 3. The van der Waals surface area contributed by atoms with Crippen molar-refractivity contribution in [3.63, 3.8) is 0 Å². The zero-order valence-corrected chi connectivity index (χ0v) is 16.0. The topological polar surface area (TPSA) is 152 Å². The molecule has 1 aliphatic heterocycles. The van der Waals surface area contributed by atoms with Gasteiger partial charge in [0, 0.05) is 25.2 Å². The molecular formula is C19H18N10O. The number of H-pyrrole nitrogens is 2. The van der Waals surface area contributed by atoms with Gasteiger partial charge in [-0.1, -0.05) is 5.21 Å². The van der Waals surface area contributed by atoms with E-state index in [0.29, 0.717) is 40.5 Å². The van der Waals surface area contributed by atoms with Gasteiger partial charge in [0.15, 0.2) is 0 Å². The highest BCUT2D eigenvalue weighted by atomic mass is 16.1. The molecule has 11 nitrogen and oxygen atoms in total. The summed E-state index contributed by atoms with van der Waals surface area (Å²) in [5.74, 6) is 1.35. The van der Waals surface area contributed by atoms with Crippen molar-refractivity contribution in [1.29, 1.82) is 5.26 Å². The second-order valence-corrected chi connectivity index (χ2v) is 7.29. The van der Waals surface area contributed by atoms with E-state index in [1.54, 1.807) is 0 Å². The lowest BCUT2D eigenvalue weighted by molar-refractivity contribution is 0.409. The normalized spacial score (nSPS) is 14.8. The lowest BCUT2D eigenvalue weighted by Crippen LogP contribution is -2.35. The summed E-state index contributed by atoms with van der Waals surface area (Å²) in [6.45, 7) is 1.53. The summed E-state index contributed by atoms with van der Waals surface area (Å²) in [4.78, 5) is 23.8. The number of fused-ring (bicyclic) bond motifs is 2.